The Balaban J connectivity index is 0.000000694. The zero-order valence-corrected chi connectivity index (χ0v) is 16.4. The lowest BCUT2D eigenvalue weighted by Crippen LogP contribution is -2.42. The van der Waals surface area contributed by atoms with E-state index in [-0.39, 0.29) is 23.6 Å². The molecule has 1 atom stereocenters. The van der Waals surface area contributed by atoms with Crippen molar-refractivity contribution in [1.82, 2.24) is 4.90 Å². The molecule has 0 amide bonds. The van der Waals surface area contributed by atoms with E-state index in [2.05, 4.69) is 9.64 Å². The fourth-order valence-corrected chi connectivity index (χ4v) is 3.30. The summed E-state index contributed by atoms with van der Waals surface area (Å²) in [5.74, 6) is -0.752. The van der Waals surface area contributed by atoms with Crippen LogP contribution < -0.4 is 0 Å². The van der Waals surface area contributed by atoms with Crippen LogP contribution in [0.1, 0.15) is 43.6 Å². The van der Waals surface area contributed by atoms with Crippen LogP contribution in [0.4, 0.5) is 0 Å². The summed E-state index contributed by atoms with van der Waals surface area (Å²) in [4.78, 5) is 21.0. The number of phenols is 1. The average molecular weight is 397 g/mol. The molecule has 1 fully saturated rings. The highest BCUT2D eigenvalue weighted by Crippen LogP contribution is 2.40. The van der Waals surface area contributed by atoms with Gasteiger partial charge in [-0.2, -0.15) is 0 Å². The lowest BCUT2D eigenvalue weighted by molar-refractivity contribution is -0.131. The third kappa shape index (κ3) is 8.98. The molecule has 8 nitrogen and oxygen atoms in total. The third-order valence-corrected chi connectivity index (χ3v) is 4.56. The molecule has 0 bridgehead atoms. The van der Waals surface area contributed by atoms with Crippen molar-refractivity contribution in [2.75, 3.05) is 20.6 Å². The van der Waals surface area contributed by atoms with Crippen LogP contribution in [0.25, 0.3) is 0 Å². The number of phenolic OH excluding ortho intramolecular Hbond substituents is 1. The van der Waals surface area contributed by atoms with Gasteiger partial charge in [0.15, 0.2) is 0 Å². The third-order valence-electron chi connectivity index (χ3n) is 4.56. The maximum Gasteiger partial charge on any atom is 0.331 e. The number of hydrogen-bond donors (Lipinski definition) is 3. The van der Waals surface area contributed by atoms with Gasteiger partial charge in [-0.3, -0.25) is 4.79 Å². The van der Waals surface area contributed by atoms with Gasteiger partial charge < -0.3 is 30.4 Å². The number of ether oxygens (including phenoxy) is 1. The number of carboxylic acids is 1. The Hall–Kier alpha value is -2.42. The van der Waals surface area contributed by atoms with Gasteiger partial charge in [0, 0.05) is 12.5 Å². The fraction of sp³-hybridized carbons (Fsp3) is 0.500. The average Bonchev–Trinajstić information content (AvgIpc) is 2.61. The van der Waals surface area contributed by atoms with Crippen molar-refractivity contribution in [2.45, 2.75) is 43.6 Å². The summed E-state index contributed by atoms with van der Waals surface area (Å²) < 4.78 is 3.90. The van der Waals surface area contributed by atoms with Gasteiger partial charge in [-0.25, -0.2) is 4.79 Å². The summed E-state index contributed by atoms with van der Waals surface area (Å²) >= 11 is 0. The first-order chi connectivity index (χ1) is 12.8. The molecule has 28 heavy (non-hydrogen) atoms. The van der Waals surface area contributed by atoms with Gasteiger partial charge in [-0.1, -0.05) is 31.4 Å². The second-order valence-electron chi connectivity index (χ2n) is 6.94. The minimum Gasteiger partial charge on any atom is -0.508 e. The summed E-state index contributed by atoms with van der Waals surface area (Å²) in [6, 6.07) is 7.31. The molecule has 0 spiro atoms. The number of aliphatic hydroxyl groups is 1. The summed E-state index contributed by atoms with van der Waals surface area (Å²) in [5, 5.41) is 28.3. The number of aliphatic carboxylic acids is 1. The van der Waals surface area contributed by atoms with Crippen LogP contribution in [0.5, 0.6) is 5.75 Å². The number of rotatable bonds is 7. The van der Waals surface area contributed by atoms with Crippen molar-refractivity contribution in [1.29, 1.82) is 0 Å². The van der Waals surface area contributed by atoms with Crippen LogP contribution in [-0.4, -0.2) is 64.4 Å². The Morgan fingerprint density at radius 3 is 2.25 bits per heavy atom. The highest BCUT2D eigenvalue weighted by atomic mass is 16.5. The van der Waals surface area contributed by atoms with Gasteiger partial charge in [-0.15, -0.1) is 0 Å². The molecular formula is C20H31NO7. The minimum absolute atomic E-state index is 0. The number of carboxylic acid groups (broad SMARTS) is 1. The first-order valence-electron chi connectivity index (χ1n) is 8.93. The summed E-state index contributed by atoms with van der Waals surface area (Å²) in [6.45, 7) is 0.973. The summed E-state index contributed by atoms with van der Waals surface area (Å²) in [5.41, 5.74) is 0.523. The smallest absolute Gasteiger partial charge is 0.331 e. The van der Waals surface area contributed by atoms with Gasteiger partial charge in [0.2, 0.25) is 0 Å². The van der Waals surface area contributed by atoms with E-state index in [9.17, 15) is 19.8 Å². The van der Waals surface area contributed by atoms with E-state index in [1.807, 2.05) is 26.2 Å². The summed E-state index contributed by atoms with van der Waals surface area (Å²) in [7, 11) is 4.08. The number of aromatic hydroxyl groups is 1. The first-order valence-corrected chi connectivity index (χ1v) is 8.93. The number of carbonyl (C=O) groups is 2. The normalized spacial score (nSPS) is 16.4. The van der Waals surface area contributed by atoms with Crippen LogP contribution in [0.15, 0.2) is 36.6 Å². The van der Waals surface area contributed by atoms with Crippen molar-refractivity contribution in [2.24, 2.45) is 0 Å². The molecule has 1 saturated carbocycles. The molecule has 158 valence electrons. The Bertz CT molecular complexity index is 607. The molecule has 1 aliphatic rings. The quantitative estimate of drug-likeness (QED) is 0.361. The zero-order chi connectivity index (χ0) is 20.3. The molecule has 0 saturated heterocycles. The molecular weight excluding hydrogens is 366 g/mol. The van der Waals surface area contributed by atoms with Crippen LogP contribution in [0.3, 0.4) is 0 Å². The number of carbonyl (C=O) groups excluding carboxylic acids is 1. The fourth-order valence-electron chi connectivity index (χ4n) is 3.30. The molecule has 1 aromatic rings. The van der Waals surface area contributed by atoms with Crippen LogP contribution in [-0.2, 0) is 14.3 Å². The second-order valence-corrected chi connectivity index (χ2v) is 6.94. The highest BCUT2D eigenvalue weighted by molar-refractivity contribution is 5.79. The predicted octanol–water partition coefficient (Wildman–Crippen LogP) is 1.67. The summed E-state index contributed by atoms with van der Waals surface area (Å²) in [6.07, 6.45) is 6.71. The molecule has 0 aromatic heterocycles. The van der Waals surface area contributed by atoms with Gasteiger partial charge in [0.05, 0.1) is 11.7 Å². The van der Waals surface area contributed by atoms with E-state index < -0.39 is 11.6 Å². The maximum absolute atomic E-state index is 11.0. The number of likely N-dealkylation sites (N-methyl/N-ethyl adjacent to an activating group) is 1. The molecule has 0 radical (unpaired) electrons. The molecule has 2 rings (SSSR count). The van der Waals surface area contributed by atoms with E-state index in [4.69, 9.17) is 5.11 Å². The van der Waals surface area contributed by atoms with E-state index in [0.717, 1.165) is 44.1 Å². The topological polar surface area (TPSA) is 139 Å². The van der Waals surface area contributed by atoms with Crippen molar-refractivity contribution in [3.8, 4) is 5.75 Å². The van der Waals surface area contributed by atoms with Gasteiger partial charge >= 0.3 is 5.97 Å². The minimum atomic E-state index is -1.15. The zero-order valence-electron chi connectivity index (χ0n) is 16.4. The molecule has 0 heterocycles. The standard InChI is InChI=1S/C16H25NO2.C4H4O4.H2O/c1-17(2)12-15(13-6-8-14(18)9-7-13)16(19)10-4-3-5-11-16;5-3-8-2-1-4(6)7;/h6-9,15,18-19H,3-5,10-12H2,1-2H3;1-3H,(H,6,7);1H2/b;2-1+;. The monoisotopic (exact) mass is 397 g/mol. The van der Waals surface area contributed by atoms with E-state index in [0.29, 0.717) is 6.08 Å². The van der Waals surface area contributed by atoms with Crippen molar-refractivity contribution >= 4 is 12.4 Å². The molecule has 1 aliphatic carbocycles. The van der Waals surface area contributed by atoms with E-state index in [1.54, 1.807) is 12.1 Å². The lowest BCUT2D eigenvalue weighted by Gasteiger charge is -2.40. The number of benzene rings is 1. The second kappa shape index (κ2) is 12.9. The Labute approximate surface area is 165 Å². The van der Waals surface area contributed by atoms with Crippen LogP contribution in [0, 0.1) is 0 Å². The van der Waals surface area contributed by atoms with Crippen LogP contribution in [0.2, 0.25) is 0 Å². The first kappa shape index (κ1) is 25.6. The Morgan fingerprint density at radius 1 is 1.21 bits per heavy atom. The van der Waals surface area contributed by atoms with Crippen molar-refractivity contribution < 1.29 is 35.1 Å². The predicted molar refractivity (Wildman–Crippen MR) is 105 cm³/mol. The van der Waals surface area contributed by atoms with Gasteiger partial charge in [0.25, 0.3) is 6.47 Å². The Kier molecular flexibility index (Phi) is 11.8. The van der Waals surface area contributed by atoms with E-state index in [1.165, 1.54) is 6.42 Å². The number of nitrogens with zero attached hydrogens (tertiary/aromatic N) is 1. The highest BCUT2D eigenvalue weighted by Gasteiger charge is 2.38. The number of hydrogen-bond acceptors (Lipinski definition) is 6. The van der Waals surface area contributed by atoms with Gasteiger partial charge in [0.1, 0.15) is 12.0 Å². The molecule has 8 heteroatoms. The van der Waals surface area contributed by atoms with Gasteiger partial charge in [-0.05, 0) is 44.6 Å². The van der Waals surface area contributed by atoms with Crippen molar-refractivity contribution in [3.05, 3.63) is 42.2 Å². The molecule has 1 unspecified atom stereocenters. The van der Waals surface area contributed by atoms with E-state index >= 15 is 0 Å². The van der Waals surface area contributed by atoms with Crippen LogP contribution >= 0.6 is 0 Å². The van der Waals surface area contributed by atoms with Crippen molar-refractivity contribution in [3.63, 3.8) is 0 Å². The lowest BCUT2D eigenvalue weighted by atomic mass is 9.72. The molecule has 5 N–H and O–H groups in total. The Morgan fingerprint density at radius 2 is 1.79 bits per heavy atom. The SMILES string of the molecule is CN(C)CC(c1ccc(O)cc1)C1(O)CCCCC1.O.O=CO/C=C/C(=O)O. The molecule has 0 aliphatic heterocycles. The largest absolute Gasteiger partial charge is 0.508 e. The maximum atomic E-state index is 11.0. The molecule has 1 aromatic carbocycles.